The fourth-order valence-electron chi connectivity index (χ4n) is 1.49. The summed E-state index contributed by atoms with van der Waals surface area (Å²) in [5, 5.41) is 12.1. The smallest absolute Gasteiger partial charge is 0.148 e. The predicted molar refractivity (Wildman–Crippen MR) is 61.9 cm³/mol. The van der Waals surface area contributed by atoms with Gasteiger partial charge in [0.15, 0.2) is 0 Å². The molecule has 2 aromatic heterocycles. The van der Waals surface area contributed by atoms with Gasteiger partial charge in [0.2, 0.25) is 0 Å². The summed E-state index contributed by atoms with van der Waals surface area (Å²) in [7, 11) is 1.85. The van der Waals surface area contributed by atoms with Crippen LogP contribution in [0.1, 0.15) is 31.4 Å². The minimum Gasteiger partial charge on any atom is -0.322 e. The first-order valence-electron chi connectivity index (χ1n) is 5.56. The van der Waals surface area contributed by atoms with E-state index in [1.165, 1.54) is 6.33 Å². The van der Waals surface area contributed by atoms with Crippen molar-refractivity contribution >= 4 is 0 Å². The number of nitrogens with zero attached hydrogens (tertiary/aromatic N) is 6. The van der Waals surface area contributed by atoms with Crippen LogP contribution in [0.2, 0.25) is 0 Å². The standard InChI is InChI=1S/C10H17N7/c1-7(2)10(11)8-4-17(15-14-8)5-9-12-6-13-16(9)3/h4,6-7,10H,5,11H2,1-3H3. The van der Waals surface area contributed by atoms with Crippen molar-refractivity contribution in [3.8, 4) is 0 Å². The third kappa shape index (κ3) is 2.50. The highest BCUT2D eigenvalue weighted by atomic mass is 15.4. The van der Waals surface area contributed by atoms with Crippen LogP contribution < -0.4 is 5.73 Å². The second-order valence-electron chi connectivity index (χ2n) is 4.41. The normalized spacial score (nSPS) is 13.2. The Kier molecular flexibility index (Phi) is 3.19. The van der Waals surface area contributed by atoms with Gasteiger partial charge >= 0.3 is 0 Å². The number of nitrogens with two attached hydrogens (primary N) is 1. The van der Waals surface area contributed by atoms with Crippen LogP contribution in [0, 0.1) is 5.92 Å². The van der Waals surface area contributed by atoms with Gasteiger partial charge < -0.3 is 5.73 Å². The molecule has 7 heteroatoms. The predicted octanol–water partition coefficient (Wildman–Crippen LogP) is 0.111. The maximum absolute atomic E-state index is 6.01. The average Bonchev–Trinajstić information content (AvgIpc) is 2.88. The van der Waals surface area contributed by atoms with Gasteiger partial charge in [0.05, 0.1) is 17.9 Å². The first-order valence-corrected chi connectivity index (χ1v) is 5.56. The lowest BCUT2D eigenvalue weighted by molar-refractivity contribution is 0.502. The van der Waals surface area contributed by atoms with Gasteiger partial charge in [-0.15, -0.1) is 5.10 Å². The van der Waals surface area contributed by atoms with E-state index < -0.39 is 0 Å². The van der Waals surface area contributed by atoms with Crippen molar-refractivity contribution in [3.05, 3.63) is 24.0 Å². The van der Waals surface area contributed by atoms with Crippen molar-refractivity contribution in [1.82, 2.24) is 29.8 Å². The lowest BCUT2D eigenvalue weighted by Gasteiger charge is -2.11. The zero-order valence-corrected chi connectivity index (χ0v) is 10.3. The van der Waals surface area contributed by atoms with E-state index >= 15 is 0 Å². The van der Waals surface area contributed by atoms with Crippen LogP contribution in [0.5, 0.6) is 0 Å². The molecule has 0 spiro atoms. The zero-order valence-electron chi connectivity index (χ0n) is 10.3. The molecule has 0 radical (unpaired) electrons. The molecule has 0 saturated carbocycles. The lowest BCUT2D eigenvalue weighted by Crippen LogP contribution is -2.17. The molecule has 92 valence electrons. The molecule has 1 atom stereocenters. The lowest BCUT2D eigenvalue weighted by atomic mass is 10.0. The van der Waals surface area contributed by atoms with Crippen molar-refractivity contribution in [3.63, 3.8) is 0 Å². The van der Waals surface area contributed by atoms with E-state index in [-0.39, 0.29) is 6.04 Å². The van der Waals surface area contributed by atoms with Crippen molar-refractivity contribution in [2.75, 3.05) is 0 Å². The summed E-state index contributed by atoms with van der Waals surface area (Å²) in [6.07, 6.45) is 3.38. The molecule has 17 heavy (non-hydrogen) atoms. The number of hydrogen-bond donors (Lipinski definition) is 1. The van der Waals surface area contributed by atoms with Gasteiger partial charge in [-0.2, -0.15) is 5.10 Å². The van der Waals surface area contributed by atoms with Crippen LogP contribution >= 0.6 is 0 Å². The molecule has 1 unspecified atom stereocenters. The van der Waals surface area contributed by atoms with E-state index in [2.05, 4.69) is 34.2 Å². The van der Waals surface area contributed by atoms with Crippen LogP contribution in [0.3, 0.4) is 0 Å². The fraction of sp³-hybridized carbons (Fsp3) is 0.600. The third-order valence-electron chi connectivity index (χ3n) is 2.72. The molecular weight excluding hydrogens is 218 g/mol. The summed E-state index contributed by atoms with van der Waals surface area (Å²) in [5.74, 6) is 1.18. The van der Waals surface area contributed by atoms with Crippen molar-refractivity contribution < 1.29 is 0 Å². The average molecular weight is 235 g/mol. The minimum atomic E-state index is -0.0803. The summed E-state index contributed by atoms with van der Waals surface area (Å²) in [6.45, 7) is 4.67. The van der Waals surface area contributed by atoms with E-state index in [0.717, 1.165) is 11.5 Å². The van der Waals surface area contributed by atoms with E-state index in [1.54, 1.807) is 9.36 Å². The fourth-order valence-corrected chi connectivity index (χ4v) is 1.49. The highest BCUT2D eigenvalue weighted by Crippen LogP contribution is 2.15. The Morgan fingerprint density at radius 2 is 2.18 bits per heavy atom. The molecule has 2 aromatic rings. The molecule has 0 bridgehead atoms. The number of aryl methyl sites for hydroxylation is 1. The van der Waals surface area contributed by atoms with Crippen LogP contribution in [0.25, 0.3) is 0 Å². The van der Waals surface area contributed by atoms with Crippen molar-refractivity contribution in [2.45, 2.75) is 26.4 Å². The van der Waals surface area contributed by atoms with Crippen molar-refractivity contribution in [1.29, 1.82) is 0 Å². The molecule has 0 amide bonds. The Balaban J connectivity index is 2.11. The SMILES string of the molecule is CC(C)C(N)c1cn(Cc2ncnn2C)nn1. The monoisotopic (exact) mass is 235 g/mol. The highest BCUT2D eigenvalue weighted by Gasteiger charge is 2.14. The molecule has 2 heterocycles. The summed E-state index contributed by atoms with van der Waals surface area (Å²) in [6, 6.07) is -0.0803. The van der Waals surface area contributed by atoms with Gasteiger partial charge in [-0.1, -0.05) is 19.1 Å². The quantitative estimate of drug-likeness (QED) is 0.812. The van der Waals surface area contributed by atoms with E-state index in [9.17, 15) is 0 Å². The Morgan fingerprint density at radius 1 is 1.41 bits per heavy atom. The molecule has 0 saturated heterocycles. The summed E-state index contributed by atoms with van der Waals surface area (Å²) in [5.41, 5.74) is 6.81. The Bertz CT molecular complexity index is 484. The number of rotatable bonds is 4. The van der Waals surface area contributed by atoms with E-state index in [4.69, 9.17) is 5.73 Å². The van der Waals surface area contributed by atoms with Gasteiger partial charge in [0.1, 0.15) is 18.7 Å². The van der Waals surface area contributed by atoms with Crippen LogP contribution in [-0.4, -0.2) is 29.8 Å². The summed E-state index contributed by atoms with van der Waals surface area (Å²) < 4.78 is 3.44. The van der Waals surface area contributed by atoms with Gasteiger partial charge in [-0.05, 0) is 5.92 Å². The zero-order chi connectivity index (χ0) is 12.4. The van der Waals surface area contributed by atoms with Crippen LogP contribution in [0.4, 0.5) is 0 Å². The maximum Gasteiger partial charge on any atom is 0.148 e. The topological polar surface area (TPSA) is 87.4 Å². The van der Waals surface area contributed by atoms with Crippen LogP contribution in [0.15, 0.2) is 12.5 Å². The second kappa shape index (κ2) is 4.62. The molecule has 0 aliphatic carbocycles. The van der Waals surface area contributed by atoms with Gasteiger partial charge in [-0.3, -0.25) is 4.68 Å². The Hall–Kier alpha value is -1.76. The summed E-state index contributed by atoms with van der Waals surface area (Å²) in [4.78, 5) is 4.13. The number of aromatic nitrogens is 6. The molecular formula is C10H17N7. The molecule has 7 nitrogen and oxygen atoms in total. The minimum absolute atomic E-state index is 0.0803. The first-order chi connectivity index (χ1) is 8.08. The van der Waals surface area contributed by atoms with Gasteiger partial charge in [-0.25, -0.2) is 9.67 Å². The second-order valence-corrected chi connectivity index (χ2v) is 4.41. The van der Waals surface area contributed by atoms with Crippen LogP contribution in [-0.2, 0) is 13.6 Å². The largest absolute Gasteiger partial charge is 0.322 e. The maximum atomic E-state index is 6.01. The molecule has 0 fully saturated rings. The van der Waals surface area contributed by atoms with Gasteiger partial charge in [0, 0.05) is 7.05 Å². The Morgan fingerprint density at radius 3 is 2.76 bits per heavy atom. The molecule has 2 N–H and O–H groups in total. The Labute approximate surface area is 99.6 Å². The number of hydrogen-bond acceptors (Lipinski definition) is 5. The van der Waals surface area contributed by atoms with Gasteiger partial charge in [0.25, 0.3) is 0 Å². The molecule has 0 aliphatic heterocycles. The molecule has 0 aliphatic rings. The van der Waals surface area contributed by atoms with E-state index in [1.807, 2.05) is 13.2 Å². The third-order valence-corrected chi connectivity index (χ3v) is 2.72. The van der Waals surface area contributed by atoms with E-state index in [0.29, 0.717) is 12.5 Å². The summed E-state index contributed by atoms with van der Waals surface area (Å²) >= 11 is 0. The first kappa shape index (κ1) is 11.7. The van der Waals surface area contributed by atoms with Crippen molar-refractivity contribution in [2.24, 2.45) is 18.7 Å². The molecule has 0 aromatic carbocycles. The molecule has 2 rings (SSSR count). The highest BCUT2D eigenvalue weighted by molar-refractivity contribution is 5.01.